The van der Waals surface area contributed by atoms with Crippen LogP contribution in [-0.4, -0.2) is 44.2 Å². The minimum atomic E-state index is -0.0507. The highest BCUT2D eigenvalue weighted by molar-refractivity contribution is 5.92. The van der Waals surface area contributed by atoms with E-state index < -0.39 is 0 Å². The van der Waals surface area contributed by atoms with Crippen LogP contribution in [-0.2, 0) is 9.53 Å². The first-order valence-electron chi connectivity index (χ1n) is 5.87. The maximum atomic E-state index is 11.8. The molecule has 1 atom stereocenters. The fourth-order valence-electron chi connectivity index (χ4n) is 1.52. The molecule has 5 nitrogen and oxygen atoms in total. The predicted octanol–water partition coefficient (Wildman–Crippen LogP) is 1.17. The van der Waals surface area contributed by atoms with E-state index in [2.05, 4.69) is 5.32 Å². The Balaban J connectivity index is 2.44. The molecule has 0 saturated heterocycles. The maximum Gasteiger partial charge on any atom is 0.238 e. The van der Waals surface area contributed by atoms with Crippen LogP contribution in [0.15, 0.2) is 24.3 Å². The van der Waals surface area contributed by atoms with Gasteiger partial charge in [0.1, 0.15) is 0 Å². The summed E-state index contributed by atoms with van der Waals surface area (Å²) in [5, 5.41) is 2.82. The van der Waals surface area contributed by atoms with Gasteiger partial charge in [0, 0.05) is 24.5 Å². The van der Waals surface area contributed by atoms with Crippen molar-refractivity contribution in [1.82, 2.24) is 4.90 Å². The number of nitrogens with zero attached hydrogens (tertiary/aromatic N) is 1. The molecule has 3 N–H and O–H groups in total. The Morgan fingerprint density at radius 2 is 2.06 bits per heavy atom. The molecule has 0 aliphatic heterocycles. The summed E-state index contributed by atoms with van der Waals surface area (Å²) in [6.45, 7) is 2.94. The van der Waals surface area contributed by atoms with Crippen LogP contribution < -0.4 is 11.1 Å². The SMILES string of the molecule is COCC(C)N(C)CC(=O)Nc1ccc(N)cc1. The summed E-state index contributed by atoms with van der Waals surface area (Å²) in [7, 11) is 3.55. The van der Waals surface area contributed by atoms with Gasteiger partial charge in [-0.2, -0.15) is 0 Å². The van der Waals surface area contributed by atoms with Gasteiger partial charge in [0.15, 0.2) is 0 Å². The average Bonchev–Trinajstić information content (AvgIpc) is 2.32. The van der Waals surface area contributed by atoms with Gasteiger partial charge in [-0.05, 0) is 38.2 Å². The lowest BCUT2D eigenvalue weighted by atomic mass is 10.3. The third-order valence-corrected chi connectivity index (χ3v) is 2.75. The lowest BCUT2D eigenvalue weighted by Crippen LogP contribution is -2.38. The minimum absolute atomic E-state index is 0.0507. The molecule has 0 aliphatic carbocycles. The number of methoxy groups -OCH3 is 1. The third-order valence-electron chi connectivity index (χ3n) is 2.75. The van der Waals surface area contributed by atoms with Crippen molar-refractivity contribution < 1.29 is 9.53 Å². The summed E-state index contributed by atoms with van der Waals surface area (Å²) in [5.41, 5.74) is 7.01. The van der Waals surface area contributed by atoms with Crippen molar-refractivity contribution in [2.75, 3.05) is 38.4 Å². The molecular weight excluding hydrogens is 230 g/mol. The zero-order valence-electron chi connectivity index (χ0n) is 11.1. The van der Waals surface area contributed by atoms with Gasteiger partial charge in [0.25, 0.3) is 0 Å². The topological polar surface area (TPSA) is 67.6 Å². The molecule has 0 bridgehead atoms. The summed E-state index contributed by atoms with van der Waals surface area (Å²) in [4.78, 5) is 13.7. The number of benzene rings is 1. The predicted molar refractivity (Wildman–Crippen MR) is 73.5 cm³/mol. The number of ether oxygens (including phenoxy) is 1. The molecular formula is C13H21N3O2. The van der Waals surface area contributed by atoms with Gasteiger partial charge in [-0.25, -0.2) is 0 Å². The van der Waals surface area contributed by atoms with Crippen LogP contribution in [0.1, 0.15) is 6.92 Å². The van der Waals surface area contributed by atoms with Crippen LogP contribution in [0.25, 0.3) is 0 Å². The first-order chi connectivity index (χ1) is 8.52. The standard InChI is InChI=1S/C13H21N3O2/c1-10(9-18-3)16(2)8-13(17)15-12-6-4-11(14)5-7-12/h4-7,10H,8-9,14H2,1-3H3,(H,15,17). The lowest BCUT2D eigenvalue weighted by molar-refractivity contribution is -0.117. The fourth-order valence-corrected chi connectivity index (χ4v) is 1.52. The molecule has 0 aliphatic rings. The summed E-state index contributed by atoms with van der Waals surface area (Å²) < 4.78 is 5.05. The van der Waals surface area contributed by atoms with E-state index in [-0.39, 0.29) is 11.9 Å². The number of amides is 1. The molecule has 0 aromatic heterocycles. The normalized spacial score (nSPS) is 12.4. The Bertz CT molecular complexity index is 378. The van der Waals surface area contributed by atoms with Crippen molar-refractivity contribution >= 4 is 17.3 Å². The minimum Gasteiger partial charge on any atom is -0.399 e. The summed E-state index contributed by atoms with van der Waals surface area (Å²) in [5.74, 6) is -0.0507. The number of anilines is 2. The molecule has 5 heteroatoms. The van der Waals surface area contributed by atoms with Gasteiger partial charge in [0.2, 0.25) is 5.91 Å². The fraction of sp³-hybridized carbons (Fsp3) is 0.462. The first kappa shape index (κ1) is 14.5. The molecule has 1 unspecified atom stereocenters. The third kappa shape index (κ3) is 4.73. The van der Waals surface area contributed by atoms with Gasteiger partial charge in [-0.3, -0.25) is 9.69 Å². The lowest BCUT2D eigenvalue weighted by Gasteiger charge is -2.23. The molecule has 1 aromatic carbocycles. The second-order valence-electron chi connectivity index (χ2n) is 4.39. The number of nitrogens with one attached hydrogen (secondary N) is 1. The highest BCUT2D eigenvalue weighted by Crippen LogP contribution is 2.10. The highest BCUT2D eigenvalue weighted by atomic mass is 16.5. The van der Waals surface area contributed by atoms with E-state index in [9.17, 15) is 4.79 Å². The van der Waals surface area contributed by atoms with E-state index in [1.807, 2.05) is 18.9 Å². The van der Waals surface area contributed by atoms with Gasteiger partial charge >= 0.3 is 0 Å². The summed E-state index contributed by atoms with van der Waals surface area (Å²) in [6.07, 6.45) is 0. The van der Waals surface area contributed by atoms with Crippen molar-refractivity contribution in [2.24, 2.45) is 0 Å². The average molecular weight is 251 g/mol. The van der Waals surface area contributed by atoms with E-state index in [4.69, 9.17) is 10.5 Å². The van der Waals surface area contributed by atoms with Gasteiger partial charge in [-0.15, -0.1) is 0 Å². The highest BCUT2D eigenvalue weighted by Gasteiger charge is 2.12. The van der Waals surface area contributed by atoms with Crippen molar-refractivity contribution in [1.29, 1.82) is 0 Å². The maximum absolute atomic E-state index is 11.8. The van der Waals surface area contributed by atoms with Gasteiger partial charge in [0.05, 0.1) is 13.2 Å². The Morgan fingerprint density at radius 1 is 1.44 bits per heavy atom. The number of likely N-dealkylation sites (N-methyl/N-ethyl adjacent to an activating group) is 1. The molecule has 100 valence electrons. The zero-order chi connectivity index (χ0) is 13.5. The largest absolute Gasteiger partial charge is 0.399 e. The smallest absolute Gasteiger partial charge is 0.238 e. The number of hydrogen-bond donors (Lipinski definition) is 2. The molecule has 0 heterocycles. The van der Waals surface area contributed by atoms with Crippen LogP contribution in [0.2, 0.25) is 0 Å². The van der Waals surface area contributed by atoms with Crippen LogP contribution in [0, 0.1) is 0 Å². The molecule has 1 rings (SSSR count). The summed E-state index contributed by atoms with van der Waals surface area (Å²) >= 11 is 0. The molecule has 1 aromatic rings. The van der Waals surface area contributed by atoms with Crippen LogP contribution >= 0.6 is 0 Å². The molecule has 0 spiro atoms. The van der Waals surface area contributed by atoms with E-state index in [0.717, 1.165) is 5.69 Å². The van der Waals surface area contributed by atoms with E-state index in [1.54, 1.807) is 31.4 Å². The van der Waals surface area contributed by atoms with Crippen LogP contribution in [0.3, 0.4) is 0 Å². The number of carbonyl (C=O) groups excluding carboxylic acids is 1. The van der Waals surface area contributed by atoms with Crippen molar-refractivity contribution in [3.05, 3.63) is 24.3 Å². The Kier molecular flexibility index (Phi) is 5.61. The van der Waals surface area contributed by atoms with Gasteiger partial charge < -0.3 is 15.8 Å². The quantitative estimate of drug-likeness (QED) is 0.745. The molecule has 0 saturated carbocycles. The number of nitrogens with two attached hydrogens (primary N) is 1. The monoisotopic (exact) mass is 251 g/mol. The number of hydrogen-bond acceptors (Lipinski definition) is 4. The second kappa shape index (κ2) is 6.98. The van der Waals surface area contributed by atoms with E-state index >= 15 is 0 Å². The molecule has 0 radical (unpaired) electrons. The van der Waals surface area contributed by atoms with Crippen molar-refractivity contribution in [3.8, 4) is 0 Å². The summed E-state index contributed by atoms with van der Waals surface area (Å²) in [6, 6.07) is 7.28. The van der Waals surface area contributed by atoms with Crippen molar-refractivity contribution in [2.45, 2.75) is 13.0 Å². The number of nitrogen functional groups attached to an aromatic ring is 1. The zero-order valence-corrected chi connectivity index (χ0v) is 11.1. The second-order valence-corrected chi connectivity index (χ2v) is 4.39. The van der Waals surface area contributed by atoms with Crippen molar-refractivity contribution in [3.63, 3.8) is 0 Å². The van der Waals surface area contributed by atoms with Gasteiger partial charge in [-0.1, -0.05) is 0 Å². The molecule has 0 fully saturated rings. The van der Waals surface area contributed by atoms with E-state index in [1.165, 1.54) is 0 Å². The Labute approximate surface area is 108 Å². The first-order valence-corrected chi connectivity index (χ1v) is 5.87. The Morgan fingerprint density at radius 3 is 2.61 bits per heavy atom. The molecule has 1 amide bonds. The number of rotatable bonds is 6. The molecule has 18 heavy (non-hydrogen) atoms. The van der Waals surface area contributed by atoms with E-state index in [0.29, 0.717) is 18.8 Å². The Hall–Kier alpha value is -1.59. The van der Waals surface area contributed by atoms with Crippen LogP contribution in [0.4, 0.5) is 11.4 Å². The van der Waals surface area contributed by atoms with Crippen LogP contribution in [0.5, 0.6) is 0 Å². The number of carbonyl (C=O) groups is 1.